The second-order valence-electron chi connectivity index (χ2n) is 4.58. The van der Waals surface area contributed by atoms with Crippen molar-refractivity contribution in [2.45, 2.75) is 25.2 Å². The highest BCUT2D eigenvalue weighted by Crippen LogP contribution is 2.25. The third kappa shape index (κ3) is 7.78. The zero-order chi connectivity index (χ0) is 17.5. The highest BCUT2D eigenvalue weighted by molar-refractivity contribution is 7.98. The van der Waals surface area contributed by atoms with E-state index in [4.69, 9.17) is 5.11 Å². The van der Waals surface area contributed by atoms with Gasteiger partial charge in [0.25, 0.3) is 0 Å². The van der Waals surface area contributed by atoms with Crippen molar-refractivity contribution in [3.8, 4) is 5.75 Å². The van der Waals surface area contributed by atoms with Crippen molar-refractivity contribution in [1.29, 1.82) is 0 Å². The number of thioether (sulfide) groups is 1. The van der Waals surface area contributed by atoms with Gasteiger partial charge in [-0.2, -0.15) is 11.8 Å². The number of carbonyl (C=O) groups excluding carboxylic acids is 1. The lowest BCUT2D eigenvalue weighted by atomic mass is 10.0. The molecule has 0 fully saturated rings. The molecule has 1 aromatic rings. The average molecular weight is 351 g/mol. The number of aliphatic carboxylic acids is 1. The van der Waals surface area contributed by atoms with Gasteiger partial charge >= 0.3 is 12.3 Å². The molecule has 1 unspecified atom stereocenters. The molecule has 5 nitrogen and oxygen atoms in total. The number of hydrogen-bond acceptors (Lipinski definition) is 4. The van der Waals surface area contributed by atoms with Crippen molar-refractivity contribution in [3.63, 3.8) is 0 Å². The lowest BCUT2D eigenvalue weighted by molar-refractivity contribution is -0.274. The molecular weight excluding hydrogens is 335 g/mol. The largest absolute Gasteiger partial charge is 0.573 e. The number of carboxylic acids is 1. The Balaban J connectivity index is 2.81. The number of rotatable bonds is 8. The van der Waals surface area contributed by atoms with Crippen LogP contribution in [0.3, 0.4) is 0 Å². The van der Waals surface area contributed by atoms with Crippen LogP contribution >= 0.6 is 11.8 Å². The maximum Gasteiger partial charge on any atom is 0.573 e. The van der Waals surface area contributed by atoms with Crippen LogP contribution in [0.5, 0.6) is 5.75 Å². The smallest absolute Gasteiger partial charge is 0.481 e. The van der Waals surface area contributed by atoms with Crippen molar-refractivity contribution >= 4 is 23.6 Å². The number of nitrogens with one attached hydrogen (secondary N) is 1. The molecule has 1 atom stereocenters. The minimum Gasteiger partial charge on any atom is -0.481 e. The molecule has 1 rings (SSSR count). The maximum atomic E-state index is 12.1. The molecule has 1 aromatic carbocycles. The molecule has 1 amide bonds. The molecule has 0 aliphatic rings. The minimum absolute atomic E-state index is 0.229. The molecule has 0 spiro atoms. The fourth-order valence-corrected chi connectivity index (χ4v) is 2.18. The molecule has 2 N–H and O–H groups in total. The van der Waals surface area contributed by atoms with Crippen LogP contribution in [-0.4, -0.2) is 35.4 Å². The Kier molecular flexibility index (Phi) is 7.21. The molecule has 0 saturated carbocycles. The van der Waals surface area contributed by atoms with Crippen molar-refractivity contribution in [2.75, 3.05) is 12.0 Å². The zero-order valence-electron chi connectivity index (χ0n) is 12.2. The van der Waals surface area contributed by atoms with Crippen LogP contribution in [0.25, 0.3) is 0 Å². The van der Waals surface area contributed by atoms with Crippen LogP contribution in [0.4, 0.5) is 13.2 Å². The molecule has 0 radical (unpaired) electrons. The van der Waals surface area contributed by atoms with Crippen LogP contribution in [0.1, 0.15) is 24.4 Å². The zero-order valence-corrected chi connectivity index (χ0v) is 13.0. The first-order valence-electron chi connectivity index (χ1n) is 6.57. The van der Waals surface area contributed by atoms with E-state index < -0.39 is 24.1 Å². The van der Waals surface area contributed by atoms with Crippen LogP contribution in [0.2, 0.25) is 0 Å². The SMILES string of the molecule is CSCCC(=O)NC(CC(=O)O)c1ccc(OC(F)(F)F)cc1. The number of carboxylic acid groups (broad SMARTS) is 1. The maximum absolute atomic E-state index is 12.1. The second-order valence-corrected chi connectivity index (χ2v) is 5.56. The van der Waals surface area contributed by atoms with Crippen molar-refractivity contribution < 1.29 is 32.6 Å². The summed E-state index contributed by atoms with van der Waals surface area (Å²) >= 11 is 1.47. The number of halogens is 3. The van der Waals surface area contributed by atoms with Gasteiger partial charge in [-0.05, 0) is 24.0 Å². The third-order valence-electron chi connectivity index (χ3n) is 2.76. The molecule has 0 aliphatic heterocycles. The summed E-state index contributed by atoms with van der Waals surface area (Å²) < 4.78 is 40.1. The first kappa shape index (κ1) is 19.1. The Morgan fingerprint density at radius 1 is 1.30 bits per heavy atom. The summed E-state index contributed by atoms with van der Waals surface area (Å²) in [6, 6.07) is 3.92. The van der Waals surface area contributed by atoms with Gasteiger partial charge < -0.3 is 15.2 Å². The van der Waals surface area contributed by atoms with Gasteiger partial charge in [0.2, 0.25) is 5.91 Å². The van der Waals surface area contributed by atoms with Gasteiger partial charge in [-0.15, -0.1) is 13.2 Å². The highest BCUT2D eigenvalue weighted by Gasteiger charge is 2.31. The van der Waals surface area contributed by atoms with Crippen molar-refractivity contribution in [3.05, 3.63) is 29.8 Å². The molecule has 0 bridgehead atoms. The summed E-state index contributed by atoms with van der Waals surface area (Å²) in [4.78, 5) is 22.6. The first-order chi connectivity index (χ1) is 10.7. The minimum atomic E-state index is -4.80. The Hall–Kier alpha value is -1.90. The first-order valence-corrected chi connectivity index (χ1v) is 7.96. The number of amides is 1. The Labute approximate surface area is 135 Å². The summed E-state index contributed by atoms with van der Waals surface area (Å²) in [5.41, 5.74) is 0.388. The normalized spacial score (nSPS) is 12.5. The van der Waals surface area contributed by atoms with E-state index in [2.05, 4.69) is 10.1 Å². The molecular formula is C14H16F3NO4S. The van der Waals surface area contributed by atoms with Crippen LogP contribution in [0, 0.1) is 0 Å². The number of alkyl halides is 3. The van der Waals surface area contributed by atoms with Gasteiger partial charge in [0.1, 0.15) is 5.75 Å². The molecule has 9 heteroatoms. The fourth-order valence-electron chi connectivity index (χ4n) is 1.79. The Morgan fingerprint density at radius 3 is 2.39 bits per heavy atom. The monoisotopic (exact) mass is 351 g/mol. The van der Waals surface area contributed by atoms with E-state index in [1.807, 2.05) is 6.26 Å². The molecule has 128 valence electrons. The standard InChI is InChI=1S/C14H16F3NO4S/c1-23-7-6-12(19)18-11(8-13(20)21)9-2-4-10(5-3-9)22-14(15,16)17/h2-5,11H,6-8H2,1H3,(H,18,19)(H,20,21). The summed E-state index contributed by atoms with van der Waals surface area (Å²) in [6.07, 6.45) is -3.10. The van der Waals surface area contributed by atoms with E-state index in [1.165, 1.54) is 23.9 Å². The van der Waals surface area contributed by atoms with Gasteiger partial charge in [0.15, 0.2) is 0 Å². The number of ether oxygens (including phenoxy) is 1. The highest BCUT2D eigenvalue weighted by atomic mass is 32.2. The van der Waals surface area contributed by atoms with Crippen LogP contribution < -0.4 is 10.1 Å². The van der Waals surface area contributed by atoms with E-state index >= 15 is 0 Å². The Morgan fingerprint density at radius 2 is 1.91 bits per heavy atom. The van der Waals surface area contributed by atoms with E-state index in [0.29, 0.717) is 11.3 Å². The van der Waals surface area contributed by atoms with Gasteiger partial charge in [-0.25, -0.2) is 0 Å². The molecule has 0 heterocycles. The van der Waals surface area contributed by atoms with E-state index in [1.54, 1.807) is 0 Å². The average Bonchev–Trinajstić information content (AvgIpc) is 2.43. The summed E-state index contributed by atoms with van der Waals surface area (Å²) in [5, 5.41) is 11.5. The molecule has 0 aromatic heterocycles. The summed E-state index contributed by atoms with van der Waals surface area (Å²) in [5.74, 6) is -1.27. The third-order valence-corrected chi connectivity index (χ3v) is 3.38. The predicted octanol–water partition coefficient (Wildman–Crippen LogP) is 2.97. The van der Waals surface area contributed by atoms with Crippen molar-refractivity contribution in [1.82, 2.24) is 5.32 Å². The van der Waals surface area contributed by atoms with Crippen molar-refractivity contribution in [2.24, 2.45) is 0 Å². The number of carbonyl (C=O) groups is 2. The Bertz CT molecular complexity index is 534. The molecule has 0 aliphatic carbocycles. The predicted molar refractivity (Wildman–Crippen MR) is 79.3 cm³/mol. The molecule has 23 heavy (non-hydrogen) atoms. The van der Waals surface area contributed by atoms with Gasteiger partial charge in [-0.1, -0.05) is 12.1 Å². The second kappa shape index (κ2) is 8.66. The van der Waals surface area contributed by atoms with E-state index in [0.717, 1.165) is 12.1 Å². The van der Waals surface area contributed by atoms with Crippen LogP contribution in [0.15, 0.2) is 24.3 Å². The van der Waals surface area contributed by atoms with Gasteiger partial charge in [0, 0.05) is 12.2 Å². The summed E-state index contributed by atoms with van der Waals surface area (Å²) in [7, 11) is 0. The van der Waals surface area contributed by atoms with E-state index in [-0.39, 0.29) is 18.7 Å². The van der Waals surface area contributed by atoms with Gasteiger partial charge in [-0.3, -0.25) is 9.59 Å². The lowest BCUT2D eigenvalue weighted by Crippen LogP contribution is -2.30. The topological polar surface area (TPSA) is 75.6 Å². The quantitative estimate of drug-likeness (QED) is 0.753. The van der Waals surface area contributed by atoms with Gasteiger partial charge in [0.05, 0.1) is 12.5 Å². The van der Waals surface area contributed by atoms with Crippen LogP contribution in [-0.2, 0) is 9.59 Å². The number of hydrogen-bond donors (Lipinski definition) is 2. The summed E-state index contributed by atoms with van der Waals surface area (Å²) in [6.45, 7) is 0. The van der Waals surface area contributed by atoms with E-state index in [9.17, 15) is 22.8 Å². The number of benzene rings is 1. The lowest BCUT2D eigenvalue weighted by Gasteiger charge is -2.18. The fraction of sp³-hybridized carbons (Fsp3) is 0.429. The molecule has 0 saturated heterocycles.